The molecule has 0 saturated carbocycles. The maximum absolute atomic E-state index is 13.5. The van der Waals surface area contributed by atoms with Crippen LogP contribution in [0.15, 0.2) is 23.8 Å². The highest BCUT2D eigenvalue weighted by atomic mass is 16.7. The van der Waals surface area contributed by atoms with Gasteiger partial charge in [-0.2, -0.15) is 0 Å². The number of carbonyl (C=O) groups excluding carboxylic acids is 3. The van der Waals surface area contributed by atoms with Gasteiger partial charge in [0.05, 0.1) is 49.6 Å². The van der Waals surface area contributed by atoms with Gasteiger partial charge in [0.1, 0.15) is 36.8 Å². The third-order valence-electron chi connectivity index (χ3n) is 10.9. The number of hydrogen-bond acceptors (Lipinski definition) is 15. The second kappa shape index (κ2) is 20.7. The molecule has 17 unspecified atom stereocenters. The normalized spacial score (nSPS) is 42.6. The summed E-state index contributed by atoms with van der Waals surface area (Å²) in [4.78, 5) is 40.6. The van der Waals surface area contributed by atoms with Crippen molar-refractivity contribution in [2.75, 3.05) is 27.8 Å². The molecule has 304 valence electrons. The molecule has 0 aliphatic carbocycles. The third kappa shape index (κ3) is 11.7. The lowest BCUT2D eigenvalue weighted by Crippen LogP contribution is -2.63. The minimum absolute atomic E-state index is 0.0342. The molecule has 0 spiro atoms. The van der Waals surface area contributed by atoms with Crippen molar-refractivity contribution in [3.05, 3.63) is 23.8 Å². The average Bonchev–Trinajstić information content (AvgIpc) is 3.10. The second-order valence-corrected chi connectivity index (χ2v) is 15.1. The lowest BCUT2D eigenvalue weighted by Gasteiger charge is -2.46. The number of ether oxygens (including phenoxy) is 6. The zero-order chi connectivity index (χ0) is 39.7. The molecule has 0 radical (unpaired) electrons. The van der Waals surface area contributed by atoms with Gasteiger partial charge in [-0.15, -0.1) is 0 Å². The Bertz CT molecular complexity index is 1250. The van der Waals surface area contributed by atoms with Crippen LogP contribution in [-0.4, -0.2) is 156 Å². The van der Waals surface area contributed by atoms with E-state index in [4.69, 9.17) is 28.4 Å². The summed E-state index contributed by atoms with van der Waals surface area (Å²) in [6, 6.07) is -0.746. The van der Waals surface area contributed by atoms with E-state index in [1.165, 1.54) is 13.2 Å². The average molecular weight is 758 g/mol. The van der Waals surface area contributed by atoms with Crippen LogP contribution in [0.1, 0.15) is 67.2 Å². The van der Waals surface area contributed by atoms with Crippen LogP contribution in [0.5, 0.6) is 0 Å². The van der Waals surface area contributed by atoms with Gasteiger partial charge in [0.25, 0.3) is 0 Å². The number of cyclic esters (lactones) is 1. The summed E-state index contributed by atoms with van der Waals surface area (Å²) in [6.07, 6.45) is -6.88. The molecule has 3 aliphatic heterocycles. The van der Waals surface area contributed by atoms with Gasteiger partial charge in [-0.3, -0.25) is 9.59 Å². The lowest BCUT2D eigenvalue weighted by molar-refractivity contribution is -0.304. The number of carbonyl (C=O) groups is 3. The number of hydrogen-bond donors (Lipinski definition) is 5. The Kier molecular flexibility index (Phi) is 17.6. The Hall–Kier alpha value is -2.15. The molecule has 17 atom stereocenters. The topological polar surface area (TPSA) is 211 Å². The van der Waals surface area contributed by atoms with Crippen molar-refractivity contribution in [3.8, 4) is 0 Å². The number of ketones is 1. The van der Waals surface area contributed by atoms with Gasteiger partial charge in [-0.25, -0.2) is 0 Å². The first-order valence-corrected chi connectivity index (χ1v) is 18.7. The van der Waals surface area contributed by atoms with Crippen molar-refractivity contribution in [2.24, 2.45) is 23.7 Å². The fourth-order valence-corrected chi connectivity index (χ4v) is 7.51. The van der Waals surface area contributed by atoms with Crippen LogP contribution in [0.25, 0.3) is 0 Å². The van der Waals surface area contributed by atoms with Gasteiger partial charge in [-0.05, 0) is 59.7 Å². The Balaban J connectivity index is 1.96. The van der Waals surface area contributed by atoms with Crippen LogP contribution in [-0.2, 0) is 42.8 Å². The Labute approximate surface area is 313 Å². The number of likely N-dealkylation sites (N-methyl/N-ethyl adjacent to an activating group) is 1. The van der Waals surface area contributed by atoms with Gasteiger partial charge in [0, 0.05) is 31.3 Å². The minimum Gasteiger partial charge on any atom is -0.462 e. The molecule has 0 bridgehead atoms. The minimum atomic E-state index is -1.33. The first-order chi connectivity index (χ1) is 24.9. The molecule has 0 aromatic heterocycles. The van der Waals surface area contributed by atoms with Crippen LogP contribution < -0.4 is 0 Å². The van der Waals surface area contributed by atoms with Crippen molar-refractivity contribution >= 4 is 18.0 Å². The summed E-state index contributed by atoms with van der Waals surface area (Å²) in [7, 11) is 4.78. The van der Waals surface area contributed by atoms with E-state index < -0.39 is 116 Å². The number of esters is 1. The highest BCUT2D eigenvalue weighted by molar-refractivity contribution is 5.91. The Morgan fingerprint density at radius 1 is 0.906 bits per heavy atom. The highest BCUT2D eigenvalue weighted by Crippen LogP contribution is 2.34. The molecular weight excluding hydrogens is 694 g/mol. The van der Waals surface area contributed by atoms with Gasteiger partial charge in [0.2, 0.25) is 0 Å². The summed E-state index contributed by atoms with van der Waals surface area (Å²) in [5.74, 6) is -3.48. The van der Waals surface area contributed by atoms with Crippen molar-refractivity contribution in [2.45, 2.75) is 147 Å². The fourth-order valence-electron chi connectivity index (χ4n) is 7.51. The van der Waals surface area contributed by atoms with Crippen LogP contribution in [0, 0.1) is 23.7 Å². The van der Waals surface area contributed by atoms with E-state index in [0.717, 1.165) is 0 Å². The molecule has 3 heterocycles. The second-order valence-electron chi connectivity index (χ2n) is 15.1. The standard InChI is InChI=1S/C38H63NO14/c1-10-28-25(18-49-38-36(48-9)34(47)32(45)23(6)51-38)15-19(2)11-12-26(41)20(3)16-24(13-14-40)35(21(4)27(42)17-29(43)52-28)53-37-33(46)30(39(7)8)31(44)22(5)50-37/h11-12,14-15,20-25,27-28,30-38,42,44-47H,10,13,16-18H2,1-9H3. The summed E-state index contributed by atoms with van der Waals surface area (Å²) in [6.45, 7) is 10.2. The number of rotatable bonds is 10. The van der Waals surface area contributed by atoms with Crippen LogP contribution in [0.3, 0.4) is 0 Å². The van der Waals surface area contributed by atoms with E-state index >= 15 is 0 Å². The lowest BCUT2D eigenvalue weighted by atomic mass is 9.79. The Morgan fingerprint density at radius 2 is 1.55 bits per heavy atom. The smallest absolute Gasteiger partial charge is 0.308 e. The maximum Gasteiger partial charge on any atom is 0.308 e. The predicted octanol–water partition coefficient (Wildman–Crippen LogP) is 0.908. The molecule has 0 amide bonds. The number of methoxy groups -OCH3 is 1. The molecular formula is C38H63NO14. The van der Waals surface area contributed by atoms with Gasteiger partial charge in [-0.1, -0.05) is 38.5 Å². The highest BCUT2D eigenvalue weighted by Gasteiger charge is 2.48. The number of allylic oxidation sites excluding steroid dienone is 3. The molecule has 0 aromatic carbocycles. The van der Waals surface area contributed by atoms with Gasteiger partial charge < -0.3 is 63.6 Å². The maximum atomic E-state index is 13.5. The Morgan fingerprint density at radius 3 is 2.15 bits per heavy atom. The van der Waals surface area contributed by atoms with E-state index in [9.17, 15) is 39.9 Å². The molecule has 2 fully saturated rings. The fraction of sp³-hybridized carbons (Fsp3) is 0.816. The molecule has 15 nitrogen and oxygen atoms in total. The third-order valence-corrected chi connectivity index (χ3v) is 10.9. The summed E-state index contributed by atoms with van der Waals surface area (Å²) < 4.78 is 35.6. The molecule has 5 N–H and O–H groups in total. The van der Waals surface area contributed by atoms with Gasteiger partial charge in [0.15, 0.2) is 18.4 Å². The van der Waals surface area contributed by atoms with E-state index in [2.05, 4.69) is 0 Å². The molecule has 3 rings (SSSR count). The first kappa shape index (κ1) is 45.2. The molecule has 0 aromatic rings. The molecule has 53 heavy (non-hydrogen) atoms. The van der Waals surface area contributed by atoms with Crippen LogP contribution in [0.4, 0.5) is 0 Å². The van der Waals surface area contributed by atoms with Crippen molar-refractivity contribution < 1.29 is 68.3 Å². The zero-order valence-electron chi connectivity index (χ0n) is 32.5. The predicted molar refractivity (Wildman–Crippen MR) is 191 cm³/mol. The molecule has 2 saturated heterocycles. The van der Waals surface area contributed by atoms with E-state index in [1.54, 1.807) is 59.7 Å². The van der Waals surface area contributed by atoms with Crippen molar-refractivity contribution in [1.29, 1.82) is 0 Å². The molecule has 3 aliphatic rings. The number of aliphatic hydroxyl groups excluding tert-OH is 5. The SMILES string of the molecule is CCC1OC(=O)CC(O)C(C)C(OC2OC(C)C(O)C(N(C)C)C2O)C(CC=O)CC(C)C(=O)C=CC(C)=CC1COC1OC(C)C(O)C(O)C1OC. The summed E-state index contributed by atoms with van der Waals surface area (Å²) >= 11 is 0. The quantitative estimate of drug-likeness (QED) is 0.155. The summed E-state index contributed by atoms with van der Waals surface area (Å²) in [5.41, 5.74) is 0.673. The zero-order valence-corrected chi connectivity index (χ0v) is 32.5. The van der Waals surface area contributed by atoms with Crippen molar-refractivity contribution in [3.63, 3.8) is 0 Å². The largest absolute Gasteiger partial charge is 0.462 e. The number of aldehydes is 1. The first-order valence-electron chi connectivity index (χ1n) is 18.7. The van der Waals surface area contributed by atoms with Crippen molar-refractivity contribution in [1.82, 2.24) is 4.90 Å². The number of nitrogens with zero attached hydrogens (tertiary/aromatic N) is 1. The monoisotopic (exact) mass is 757 g/mol. The number of aliphatic hydroxyl groups is 5. The van der Waals surface area contributed by atoms with E-state index in [1.807, 2.05) is 13.0 Å². The van der Waals surface area contributed by atoms with E-state index in [-0.39, 0.29) is 25.2 Å². The van der Waals surface area contributed by atoms with Gasteiger partial charge >= 0.3 is 5.97 Å². The molecule has 15 heteroatoms. The van der Waals surface area contributed by atoms with Crippen LogP contribution >= 0.6 is 0 Å². The van der Waals surface area contributed by atoms with E-state index in [0.29, 0.717) is 18.3 Å². The summed E-state index contributed by atoms with van der Waals surface area (Å²) in [5, 5.41) is 54.4. The van der Waals surface area contributed by atoms with Crippen LogP contribution in [0.2, 0.25) is 0 Å².